The van der Waals surface area contributed by atoms with Gasteiger partial charge in [0, 0.05) is 18.8 Å². The molecule has 5 heteroatoms. The molecular formula is C18H20KN2OP. The first-order valence-electron chi connectivity index (χ1n) is 7.41. The number of benzene rings is 2. The van der Waals surface area contributed by atoms with Gasteiger partial charge in [-0.05, 0) is 19.4 Å². The monoisotopic (exact) mass is 350 g/mol. The summed E-state index contributed by atoms with van der Waals surface area (Å²) < 4.78 is 4.83. The van der Waals surface area contributed by atoms with E-state index < -0.39 is 0 Å². The summed E-state index contributed by atoms with van der Waals surface area (Å²) in [7, 11) is 1.08. The molecule has 0 aliphatic carbocycles. The van der Waals surface area contributed by atoms with Crippen LogP contribution in [0.1, 0.15) is 13.8 Å². The predicted octanol–water partition coefficient (Wildman–Crippen LogP) is 2.00. The molecule has 114 valence electrons. The van der Waals surface area contributed by atoms with Gasteiger partial charge >= 0.3 is 51.4 Å². The van der Waals surface area contributed by atoms with E-state index in [9.17, 15) is 0 Å². The topological polar surface area (TPSA) is 36.2 Å². The molecule has 0 fully saturated rings. The van der Waals surface area contributed by atoms with Crippen LogP contribution in [0.4, 0.5) is 0 Å². The van der Waals surface area contributed by atoms with Crippen molar-refractivity contribution in [1.82, 2.24) is 10.2 Å². The van der Waals surface area contributed by atoms with Crippen LogP contribution in [0.3, 0.4) is 0 Å². The molecule has 0 spiro atoms. The first-order valence-corrected chi connectivity index (χ1v) is 8.30. The molecule has 0 aliphatic rings. The van der Waals surface area contributed by atoms with Crippen molar-refractivity contribution in [3.05, 3.63) is 60.7 Å². The van der Waals surface area contributed by atoms with Gasteiger partial charge in [-0.3, -0.25) is 0 Å². The Hall–Kier alpha value is -0.324. The zero-order valence-electron chi connectivity index (χ0n) is 13.9. The second-order valence-electron chi connectivity index (χ2n) is 4.47. The summed E-state index contributed by atoms with van der Waals surface area (Å²) in [4.78, 5) is 0. The van der Waals surface area contributed by atoms with Gasteiger partial charge < -0.3 is 14.9 Å². The number of hydrogen-bond acceptors (Lipinski definition) is 2. The maximum Gasteiger partial charge on any atom is 1.00 e. The fourth-order valence-corrected chi connectivity index (χ4v) is 2.80. The van der Waals surface area contributed by atoms with Crippen molar-refractivity contribution in [3.63, 3.8) is 0 Å². The quantitative estimate of drug-likeness (QED) is 0.676. The van der Waals surface area contributed by atoms with E-state index in [4.69, 9.17) is 4.74 Å². The Kier molecular flexibility index (Phi) is 10.9. The second-order valence-corrected chi connectivity index (χ2v) is 5.54. The molecule has 1 aromatic heterocycles. The van der Waals surface area contributed by atoms with Gasteiger partial charge in [-0.25, -0.2) is 0 Å². The zero-order chi connectivity index (χ0) is 15.6. The SMILES string of the molecule is CCOCC.[K+].c1ccc(-c2n[n-]c(-c3ccccc3)p2)cc1. The van der Waals surface area contributed by atoms with Gasteiger partial charge in [-0.2, -0.15) is 0 Å². The van der Waals surface area contributed by atoms with Crippen LogP contribution in [0.5, 0.6) is 0 Å². The number of hydrogen-bond donors (Lipinski definition) is 0. The third kappa shape index (κ3) is 6.98. The Morgan fingerprint density at radius 2 is 1.39 bits per heavy atom. The van der Waals surface area contributed by atoms with Crippen LogP contribution in [0.25, 0.3) is 22.0 Å². The maximum atomic E-state index is 4.83. The molecule has 3 rings (SSSR count). The molecule has 0 radical (unpaired) electrons. The van der Waals surface area contributed by atoms with E-state index in [-0.39, 0.29) is 51.4 Å². The minimum absolute atomic E-state index is 0. The second kappa shape index (κ2) is 12.1. The van der Waals surface area contributed by atoms with Crippen molar-refractivity contribution in [2.24, 2.45) is 0 Å². The molecule has 3 aromatic rings. The normalized spacial score (nSPS) is 9.83. The van der Waals surface area contributed by atoms with E-state index in [1.165, 1.54) is 0 Å². The minimum Gasteiger partial charge on any atom is -0.570 e. The third-order valence-corrected chi connectivity index (χ3v) is 4.04. The average molecular weight is 350 g/mol. The van der Waals surface area contributed by atoms with Gasteiger partial charge in [0.25, 0.3) is 0 Å². The average Bonchev–Trinajstić information content (AvgIpc) is 3.08. The van der Waals surface area contributed by atoms with Crippen LogP contribution in [-0.2, 0) is 4.74 Å². The zero-order valence-corrected chi connectivity index (χ0v) is 18.0. The molecule has 2 aromatic carbocycles. The Morgan fingerprint density at radius 3 is 1.87 bits per heavy atom. The van der Waals surface area contributed by atoms with Crippen molar-refractivity contribution in [1.29, 1.82) is 0 Å². The summed E-state index contributed by atoms with van der Waals surface area (Å²) in [5.74, 6) is 0. The molecule has 0 amide bonds. The molecule has 3 nitrogen and oxygen atoms in total. The van der Waals surface area contributed by atoms with E-state index in [1.54, 1.807) is 0 Å². The third-order valence-electron chi connectivity index (χ3n) is 2.92. The standard InChI is InChI=1S/C14H10N2P.C4H10O.K/c1-3-7-11(8-4-1)13-15-16-14(17-13)12-9-5-2-6-10-12;1-3-5-4-2;/h1-10H;3-4H2,1-2H3;/q-1;;+1. The molecule has 0 N–H and O–H groups in total. The van der Waals surface area contributed by atoms with E-state index in [2.05, 4.69) is 34.5 Å². The van der Waals surface area contributed by atoms with Crippen LogP contribution < -0.4 is 56.5 Å². The molecule has 0 saturated heterocycles. The van der Waals surface area contributed by atoms with Gasteiger partial charge in [0.15, 0.2) is 0 Å². The van der Waals surface area contributed by atoms with Crippen molar-refractivity contribution < 1.29 is 56.1 Å². The number of ether oxygens (including phenoxy) is 1. The first kappa shape index (κ1) is 20.7. The van der Waals surface area contributed by atoms with Crippen LogP contribution >= 0.6 is 8.19 Å². The molecule has 0 bridgehead atoms. The molecule has 23 heavy (non-hydrogen) atoms. The maximum absolute atomic E-state index is 4.83. The number of rotatable bonds is 4. The van der Waals surface area contributed by atoms with E-state index >= 15 is 0 Å². The summed E-state index contributed by atoms with van der Waals surface area (Å²) >= 11 is 0. The van der Waals surface area contributed by atoms with Crippen molar-refractivity contribution in [3.8, 4) is 22.0 Å². The number of aromatic nitrogens is 2. The molecular weight excluding hydrogens is 330 g/mol. The summed E-state index contributed by atoms with van der Waals surface area (Å²) in [5, 5.41) is 8.51. The fraction of sp³-hybridized carbons (Fsp3) is 0.222. The van der Waals surface area contributed by atoms with Crippen LogP contribution in [0.15, 0.2) is 60.7 Å². The Balaban J connectivity index is 0.000000390. The Labute approximate surface area is 182 Å². The Bertz CT molecular complexity index is 603. The van der Waals surface area contributed by atoms with Crippen molar-refractivity contribution >= 4 is 8.19 Å². The van der Waals surface area contributed by atoms with Gasteiger partial charge in [0.2, 0.25) is 0 Å². The van der Waals surface area contributed by atoms with Crippen LogP contribution in [-0.4, -0.2) is 18.3 Å². The van der Waals surface area contributed by atoms with Gasteiger partial charge in [-0.15, -0.1) is 0 Å². The van der Waals surface area contributed by atoms with Crippen LogP contribution in [0, 0.1) is 0 Å². The molecule has 0 saturated carbocycles. The molecule has 0 aliphatic heterocycles. The first-order chi connectivity index (χ1) is 10.8. The molecule has 1 heterocycles. The van der Waals surface area contributed by atoms with Gasteiger partial charge in [0.1, 0.15) is 0 Å². The van der Waals surface area contributed by atoms with E-state index in [1.807, 2.05) is 50.2 Å². The predicted molar refractivity (Wildman–Crippen MR) is 93.1 cm³/mol. The largest absolute Gasteiger partial charge is 1.00 e. The summed E-state index contributed by atoms with van der Waals surface area (Å²) in [6.07, 6.45) is 0. The van der Waals surface area contributed by atoms with Crippen LogP contribution in [0.2, 0.25) is 0 Å². The summed E-state index contributed by atoms with van der Waals surface area (Å²) in [6, 6.07) is 20.4. The minimum atomic E-state index is 0. The van der Waals surface area contributed by atoms with Gasteiger partial charge in [-0.1, -0.05) is 74.3 Å². The Morgan fingerprint density at radius 1 is 0.870 bits per heavy atom. The number of nitrogens with zero attached hydrogens (tertiary/aromatic N) is 2. The fourth-order valence-electron chi connectivity index (χ4n) is 1.86. The summed E-state index contributed by atoms with van der Waals surface area (Å²) in [6.45, 7) is 5.67. The van der Waals surface area contributed by atoms with Crippen molar-refractivity contribution in [2.75, 3.05) is 13.2 Å². The molecule has 0 unspecified atom stereocenters. The van der Waals surface area contributed by atoms with E-state index in [0.29, 0.717) is 0 Å². The van der Waals surface area contributed by atoms with Gasteiger partial charge in [0.05, 0.1) is 5.43 Å². The van der Waals surface area contributed by atoms with Crippen molar-refractivity contribution in [2.45, 2.75) is 13.8 Å². The van der Waals surface area contributed by atoms with E-state index in [0.717, 1.165) is 43.4 Å². The molecule has 0 atom stereocenters. The summed E-state index contributed by atoms with van der Waals surface area (Å²) in [5.41, 5.74) is 4.32. The smallest absolute Gasteiger partial charge is 0.570 e.